The number of aromatic nitrogens is 2. The fourth-order valence-electron chi connectivity index (χ4n) is 2.97. The molecule has 1 heterocycles. The predicted molar refractivity (Wildman–Crippen MR) is 71.2 cm³/mol. The van der Waals surface area contributed by atoms with Gasteiger partial charge in [0.15, 0.2) is 0 Å². The number of benzene rings is 1. The number of hydrogen-bond acceptors (Lipinski definition) is 2. The van der Waals surface area contributed by atoms with E-state index in [4.69, 9.17) is 17.3 Å². The molecule has 0 bridgehead atoms. The van der Waals surface area contributed by atoms with Gasteiger partial charge < -0.3 is 10.3 Å². The molecule has 2 aromatic rings. The Hall–Kier alpha value is -1.29. The molecule has 3 nitrogen and oxygen atoms in total. The predicted octanol–water partition coefficient (Wildman–Crippen LogP) is 3.77. The molecule has 1 saturated carbocycles. The standard InChI is InChI=1S/C13H15ClFN3/c1-7-3-2-4-11(7)18-12-6-9(15)8(14)5-10(12)17-13(18)16/h5-7,11H,2-4H2,1H3,(H2,16,17). The highest BCUT2D eigenvalue weighted by molar-refractivity contribution is 6.31. The maximum Gasteiger partial charge on any atom is 0.201 e. The monoisotopic (exact) mass is 267 g/mol. The third-order valence-electron chi connectivity index (χ3n) is 3.91. The van der Waals surface area contributed by atoms with Crippen molar-refractivity contribution in [3.8, 4) is 0 Å². The number of anilines is 1. The fourth-order valence-corrected chi connectivity index (χ4v) is 3.12. The summed E-state index contributed by atoms with van der Waals surface area (Å²) < 4.78 is 15.6. The third-order valence-corrected chi connectivity index (χ3v) is 4.20. The smallest absolute Gasteiger partial charge is 0.201 e. The number of nitrogens with two attached hydrogens (primary N) is 1. The van der Waals surface area contributed by atoms with Crippen LogP contribution in [0.3, 0.4) is 0 Å². The van der Waals surface area contributed by atoms with Crippen LogP contribution in [0.5, 0.6) is 0 Å². The number of nitrogens with zero attached hydrogens (tertiary/aromatic N) is 2. The Bertz CT molecular complexity index is 608. The average Bonchev–Trinajstić information content (AvgIpc) is 2.83. The summed E-state index contributed by atoms with van der Waals surface area (Å²) in [6.07, 6.45) is 3.43. The fraction of sp³-hybridized carbons (Fsp3) is 0.462. The van der Waals surface area contributed by atoms with E-state index in [1.165, 1.54) is 18.9 Å². The van der Waals surface area contributed by atoms with Crippen LogP contribution in [0.25, 0.3) is 11.0 Å². The summed E-state index contributed by atoms with van der Waals surface area (Å²) in [5.41, 5.74) is 7.39. The van der Waals surface area contributed by atoms with Crippen LogP contribution in [0, 0.1) is 11.7 Å². The first-order chi connectivity index (χ1) is 8.58. The molecule has 0 spiro atoms. The summed E-state index contributed by atoms with van der Waals surface area (Å²) in [5.74, 6) is 0.574. The van der Waals surface area contributed by atoms with Gasteiger partial charge in [0.25, 0.3) is 0 Å². The number of fused-ring (bicyclic) bond motifs is 1. The van der Waals surface area contributed by atoms with E-state index in [9.17, 15) is 4.39 Å². The van der Waals surface area contributed by atoms with Gasteiger partial charge in [-0.1, -0.05) is 24.9 Å². The van der Waals surface area contributed by atoms with E-state index in [1.54, 1.807) is 6.07 Å². The van der Waals surface area contributed by atoms with Crippen molar-refractivity contribution in [3.63, 3.8) is 0 Å². The van der Waals surface area contributed by atoms with Crippen molar-refractivity contribution in [1.82, 2.24) is 9.55 Å². The van der Waals surface area contributed by atoms with Gasteiger partial charge in [-0.3, -0.25) is 0 Å². The van der Waals surface area contributed by atoms with Crippen molar-refractivity contribution in [2.24, 2.45) is 5.92 Å². The van der Waals surface area contributed by atoms with E-state index in [2.05, 4.69) is 11.9 Å². The van der Waals surface area contributed by atoms with Crippen molar-refractivity contribution in [1.29, 1.82) is 0 Å². The van der Waals surface area contributed by atoms with Crippen LogP contribution in [0.15, 0.2) is 12.1 Å². The molecule has 1 fully saturated rings. The summed E-state index contributed by atoms with van der Waals surface area (Å²) in [5, 5.41) is 0.0895. The Balaban J connectivity index is 2.22. The Kier molecular flexibility index (Phi) is 2.70. The number of hydrogen-bond donors (Lipinski definition) is 1. The molecule has 2 unspecified atom stereocenters. The topological polar surface area (TPSA) is 43.8 Å². The summed E-state index contributed by atoms with van der Waals surface area (Å²) in [4.78, 5) is 4.28. The Labute approximate surface area is 110 Å². The molecule has 5 heteroatoms. The molecule has 2 atom stereocenters. The molecule has 1 aliphatic rings. The second kappa shape index (κ2) is 4.12. The van der Waals surface area contributed by atoms with Gasteiger partial charge in [-0.2, -0.15) is 0 Å². The molecular weight excluding hydrogens is 253 g/mol. The normalized spacial score (nSPS) is 23.9. The van der Waals surface area contributed by atoms with Crippen LogP contribution in [0.1, 0.15) is 32.2 Å². The Morgan fingerprint density at radius 3 is 2.89 bits per heavy atom. The Morgan fingerprint density at radius 1 is 1.44 bits per heavy atom. The molecule has 1 aliphatic carbocycles. The summed E-state index contributed by atoms with van der Waals surface area (Å²) in [7, 11) is 0. The minimum atomic E-state index is -0.420. The average molecular weight is 268 g/mol. The summed E-state index contributed by atoms with van der Waals surface area (Å²) >= 11 is 5.77. The molecule has 0 saturated heterocycles. The van der Waals surface area contributed by atoms with Gasteiger partial charge in [-0.15, -0.1) is 0 Å². The second-order valence-electron chi connectivity index (χ2n) is 5.07. The van der Waals surface area contributed by atoms with E-state index in [0.29, 0.717) is 23.4 Å². The lowest BCUT2D eigenvalue weighted by atomic mass is 10.1. The zero-order valence-corrected chi connectivity index (χ0v) is 10.9. The molecule has 0 aliphatic heterocycles. The van der Waals surface area contributed by atoms with Crippen LogP contribution in [-0.4, -0.2) is 9.55 Å². The van der Waals surface area contributed by atoms with Gasteiger partial charge in [-0.25, -0.2) is 9.37 Å². The maximum atomic E-state index is 13.6. The molecule has 0 radical (unpaired) electrons. The highest BCUT2D eigenvalue weighted by Crippen LogP contribution is 2.39. The van der Waals surface area contributed by atoms with Crippen LogP contribution in [0.4, 0.5) is 10.3 Å². The lowest BCUT2D eigenvalue weighted by molar-refractivity contribution is 0.421. The highest BCUT2D eigenvalue weighted by atomic mass is 35.5. The van der Waals surface area contributed by atoms with Crippen LogP contribution in [-0.2, 0) is 0 Å². The minimum Gasteiger partial charge on any atom is -0.369 e. The largest absolute Gasteiger partial charge is 0.369 e. The zero-order chi connectivity index (χ0) is 12.9. The molecule has 96 valence electrons. The molecular formula is C13H15ClFN3. The van der Waals surface area contributed by atoms with Crippen LogP contribution < -0.4 is 5.73 Å². The van der Waals surface area contributed by atoms with Crippen LogP contribution >= 0.6 is 11.6 Å². The number of nitrogen functional groups attached to an aromatic ring is 1. The van der Waals surface area contributed by atoms with Crippen molar-refractivity contribution in [2.75, 3.05) is 5.73 Å². The molecule has 0 amide bonds. The lowest BCUT2D eigenvalue weighted by Gasteiger charge is -2.19. The van der Waals surface area contributed by atoms with Gasteiger partial charge in [0.05, 0.1) is 16.1 Å². The Morgan fingerprint density at radius 2 is 2.22 bits per heavy atom. The third kappa shape index (κ3) is 1.67. The van der Waals surface area contributed by atoms with Crippen molar-refractivity contribution < 1.29 is 4.39 Å². The van der Waals surface area contributed by atoms with Gasteiger partial charge in [0, 0.05) is 12.1 Å². The summed E-state index contributed by atoms with van der Waals surface area (Å²) in [6, 6.07) is 3.29. The summed E-state index contributed by atoms with van der Waals surface area (Å²) in [6.45, 7) is 2.20. The molecule has 2 N–H and O–H groups in total. The zero-order valence-electron chi connectivity index (χ0n) is 10.2. The number of halogens is 2. The number of imidazole rings is 1. The van der Waals surface area contributed by atoms with Crippen molar-refractivity contribution >= 4 is 28.6 Å². The molecule has 18 heavy (non-hydrogen) atoms. The molecule has 1 aromatic heterocycles. The molecule has 3 rings (SSSR count). The minimum absolute atomic E-state index is 0.0895. The van der Waals surface area contributed by atoms with Gasteiger partial charge in [0.1, 0.15) is 5.82 Å². The maximum absolute atomic E-state index is 13.6. The van der Waals surface area contributed by atoms with E-state index in [-0.39, 0.29) is 5.02 Å². The first-order valence-corrected chi connectivity index (χ1v) is 6.58. The quantitative estimate of drug-likeness (QED) is 0.855. The second-order valence-corrected chi connectivity index (χ2v) is 5.48. The van der Waals surface area contributed by atoms with Crippen molar-refractivity contribution in [3.05, 3.63) is 23.0 Å². The first kappa shape index (κ1) is 11.8. The van der Waals surface area contributed by atoms with E-state index < -0.39 is 5.82 Å². The van der Waals surface area contributed by atoms with Crippen molar-refractivity contribution in [2.45, 2.75) is 32.2 Å². The first-order valence-electron chi connectivity index (χ1n) is 6.20. The van der Waals surface area contributed by atoms with Gasteiger partial charge >= 0.3 is 0 Å². The van der Waals surface area contributed by atoms with E-state index >= 15 is 0 Å². The SMILES string of the molecule is CC1CCCC1n1c(N)nc2cc(Cl)c(F)cc21. The van der Waals surface area contributed by atoms with Crippen LogP contribution in [0.2, 0.25) is 5.02 Å². The van der Waals surface area contributed by atoms with Gasteiger partial charge in [0.2, 0.25) is 5.95 Å². The highest BCUT2D eigenvalue weighted by Gasteiger charge is 2.28. The molecule has 1 aromatic carbocycles. The lowest BCUT2D eigenvalue weighted by Crippen LogP contribution is -2.14. The van der Waals surface area contributed by atoms with Gasteiger partial charge in [-0.05, 0) is 24.8 Å². The number of rotatable bonds is 1. The van der Waals surface area contributed by atoms with E-state index in [0.717, 1.165) is 11.9 Å². The van der Waals surface area contributed by atoms with E-state index in [1.807, 2.05) is 4.57 Å².